The van der Waals surface area contributed by atoms with Crippen LogP contribution in [0.25, 0.3) is 0 Å². The van der Waals surface area contributed by atoms with E-state index in [1.165, 1.54) is 17.3 Å². The molecule has 1 saturated heterocycles. The molecule has 0 saturated carbocycles. The highest BCUT2D eigenvalue weighted by atomic mass is 32.2. The third-order valence-electron chi connectivity index (χ3n) is 3.91. The van der Waals surface area contributed by atoms with Gasteiger partial charge in [-0.25, -0.2) is 0 Å². The lowest BCUT2D eigenvalue weighted by Crippen LogP contribution is -2.24. The molecule has 1 N–H and O–H groups in total. The summed E-state index contributed by atoms with van der Waals surface area (Å²) >= 11 is 1.41. The minimum atomic E-state index is -0.0904. The zero-order valence-electron chi connectivity index (χ0n) is 14.8. The molecule has 1 aliphatic heterocycles. The number of aryl methyl sites for hydroxylation is 1. The third-order valence-corrected chi connectivity index (χ3v) is 5.15. The van der Waals surface area contributed by atoms with Crippen molar-refractivity contribution in [1.29, 1.82) is 0 Å². The molecule has 3 rings (SSSR count). The Balaban J connectivity index is 1.80. The zero-order valence-corrected chi connectivity index (χ0v) is 15.6. The van der Waals surface area contributed by atoms with Crippen LogP contribution in [0.15, 0.2) is 64.8 Å². The molecular formula is C20H21N3O2S. The monoisotopic (exact) mass is 367 g/mol. The average molecular weight is 367 g/mol. The number of nitrogens with one attached hydrogen (secondary N) is 1. The maximum Gasteiger partial charge on any atom is 0.239 e. The predicted molar refractivity (Wildman–Crippen MR) is 107 cm³/mol. The maximum atomic E-state index is 11.8. The highest BCUT2D eigenvalue weighted by Crippen LogP contribution is 2.22. The fourth-order valence-electron chi connectivity index (χ4n) is 2.41. The fourth-order valence-corrected chi connectivity index (χ4v) is 3.26. The molecule has 0 aliphatic carbocycles. The van der Waals surface area contributed by atoms with Crippen molar-refractivity contribution >= 4 is 28.5 Å². The van der Waals surface area contributed by atoms with Crippen LogP contribution in [0.1, 0.15) is 24.5 Å². The van der Waals surface area contributed by atoms with E-state index in [0.717, 1.165) is 17.7 Å². The summed E-state index contributed by atoms with van der Waals surface area (Å²) in [6, 6.07) is 17.6. The number of thioether (sulfide) groups is 1. The normalized spacial score (nSPS) is 18.8. The summed E-state index contributed by atoms with van der Waals surface area (Å²) in [5, 5.41) is 11.8. The molecule has 0 bridgehead atoms. The average Bonchev–Trinajstić information content (AvgIpc) is 3.03. The van der Waals surface area contributed by atoms with Gasteiger partial charge in [-0.15, -0.1) is 10.2 Å². The number of rotatable bonds is 6. The molecule has 134 valence electrons. The fraction of sp³-hybridized carbons (Fsp3) is 0.250. The highest BCUT2D eigenvalue weighted by Gasteiger charge is 2.28. The van der Waals surface area contributed by atoms with E-state index in [9.17, 15) is 4.79 Å². The number of benzene rings is 2. The molecule has 1 heterocycles. The van der Waals surface area contributed by atoms with Crippen LogP contribution in [0, 0.1) is 6.92 Å². The van der Waals surface area contributed by atoms with Gasteiger partial charge in [0.2, 0.25) is 5.91 Å². The first-order valence-corrected chi connectivity index (χ1v) is 9.40. The van der Waals surface area contributed by atoms with Crippen molar-refractivity contribution in [1.82, 2.24) is 5.32 Å². The maximum absolute atomic E-state index is 11.8. The quantitative estimate of drug-likeness (QED) is 0.624. The van der Waals surface area contributed by atoms with Crippen LogP contribution >= 0.6 is 11.8 Å². The van der Waals surface area contributed by atoms with Crippen molar-refractivity contribution in [2.24, 2.45) is 10.2 Å². The summed E-state index contributed by atoms with van der Waals surface area (Å²) in [5.41, 5.74) is 2.82. The van der Waals surface area contributed by atoms with Gasteiger partial charge in [0.05, 0.1) is 5.25 Å². The van der Waals surface area contributed by atoms with E-state index in [-0.39, 0.29) is 11.2 Å². The SMILES string of the molecule is CCC1S/C(=N\N=C(/COc2ccccc2)c2ccc(C)cc2)NC1=O. The minimum absolute atomic E-state index is 0.0103. The van der Waals surface area contributed by atoms with Gasteiger partial charge in [0, 0.05) is 5.56 Å². The number of carbonyl (C=O) groups excluding carboxylic acids is 1. The van der Waals surface area contributed by atoms with Gasteiger partial charge in [0.15, 0.2) is 5.17 Å². The molecule has 1 amide bonds. The van der Waals surface area contributed by atoms with Crippen LogP contribution in [0.5, 0.6) is 5.75 Å². The molecule has 1 aliphatic rings. The second-order valence-corrected chi connectivity index (χ2v) is 7.12. The van der Waals surface area contributed by atoms with Gasteiger partial charge in [-0.05, 0) is 25.5 Å². The van der Waals surface area contributed by atoms with E-state index >= 15 is 0 Å². The number of hydrogen-bond acceptors (Lipinski definition) is 5. The smallest absolute Gasteiger partial charge is 0.239 e. The zero-order chi connectivity index (χ0) is 18.4. The molecule has 1 atom stereocenters. The Labute approximate surface area is 157 Å². The van der Waals surface area contributed by atoms with E-state index in [4.69, 9.17) is 4.74 Å². The second kappa shape index (κ2) is 8.67. The number of para-hydroxylation sites is 1. The van der Waals surface area contributed by atoms with Crippen LogP contribution < -0.4 is 10.1 Å². The third kappa shape index (κ3) is 4.73. The van der Waals surface area contributed by atoms with Gasteiger partial charge >= 0.3 is 0 Å². The number of amides is 1. The van der Waals surface area contributed by atoms with Crippen molar-refractivity contribution in [2.75, 3.05) is 6.61 Å². The topological polar surface area (TPSA) is 63.1 Å². The van der Waals surface area contributed by atoms with Crippen LogP contribution in [0.2, 0.25) is 0 Å². The van der Waals surface area contributed by atoms with Gasteiger partial charge in [0.1, 0.15) is 18.1 Å². The Bertz CT molecular complexity index is 817. The number of carbonyl (C=O) groups is 1. The van der Waals surface area contributed by atoms with Gasteiger partial charge in [-0.3, -0.25) is 4.79 Å². The molecule has 6 heteroatoms. The van der Waals surface area contributed by atoms with Crippen molar-refractivity contribution in [3.8, 4) is 5.75 Å². The lowest BCUT2D eigenvalue weighted by atomic mass is 10.1. The summed E-state index contributed by atoms with van der Waals surface area (Å²) in [4.78, 5) is 11.8. The summed E-state index contributed by atoms with van der Waals surface area (Å²) in [6.07, 6.45) is 0.765. The Hall–Kier alpha value is -2.60. The Morgan fingerprint density at radius 2 is 1.88 bits per heavy atom. The largest absolute Gasteiger partial charge is 0.487 e. The van der Waals surface area contributed by atoms with Crippen molar-refractivity contribution in [3.63, 3.8) is 0 Å². The first kappa shape index (κ1) is 18.2. The molecule has 1 unspecified atom stereocenters. The number of hydrogen-bond donors (Lipinski definition) is 1. The molecule has 26 heavy (non-hydrogen) atoms. The van der Waals surface area contributed by atoms with Crippen molar-refractivity contribution < 1.29 is 9.53 Å². The minimum Gasteiger partial charge on any atom is -0.487 e. The van der Waals surface area contributed by atoms with E-state index in [1.54, 1.807) is 0 Å². The van der Waals surface area contributed by atoms with Crippen LogP contribution in [-0.4, -0.2) is 28.6 Å². The van der Waals surface area contributed by atoms with Gasteiger partial charge in [0.25, 0.3) is 0 Å². The van der Waals surface area contributed by atoms with Gasteiger partial charge in [-0.2, -0.15) is 0 Å². The lowest BCUT2D eigenvalue weighted by Gasteiger charge is -2.08. The van der Waals surface area contributed by atoms with Crippen LogP contribution in [0.4, 0.5) is 0 Å². The summed E-state index contributed by atoms with van der Waals surface area (Å²) in [5.74, 6) is 0.762. The standard InChI is InChI=1S/C20H21N3O2S/c1-3-18-19(24)21-20(26-18)23-22-17(15-11-9-14(2)10-12-15)13-25-16-7-5-4-6-8-16/h4-12,18H,3,13H2,1-2H3,(H,21,23,24)/b22-17+. The Morgan fingerprint density at radius 1 is 1.15 bits per heavy atom. The number of amidine groups is 1. The first-order valence-electron chi connectivity index (χ1n) is 8.52. The number of nitrogens with zero attached hydrogens (tertiary/aromatic N) is 2. The lowest BCUT2D eigenvalue weighted by molar-refractivity contribution is -0.118. The van der Waals surface area contributed by atoms with E-state index < -0.39 is 0 Å². The summed E-state index contributed by atoms with van der Waals surface area (Å²) in [6.45, 7) is 4.31. The molecule has 0 aromatic heterocycles. The first-order chi connectivity index (χ1) is 12.7. The Kier molecular flexibility index (Phi) is 6.07. The van der Waals surface area contributed by atoms with Gasteiger partial charge in [-0.1, -0.05) is 66.7 Å². The molecule has 2 aromatic rings. The highest BCUT2D eigenvalue weighted by molar-refractivity contribution is 8.15. The number of ether oxygens (including phenoxy) is 1. The van der Waals surface area contributed by atoms with Crippen molar-refractivity contribution in [3.05, 3.63) is 65.7 Å². The summed E-state index contributed by atoms with van der Waals surface area (Å²) in [7, 11) is 0. The molecule has 2 aromatic carbocycles. The second-order valence-electron chi connectivity index (χ2n) is 5.92. The van der Waals surface area contributed by atoms with Crippen molar-refractivity contribution in [2.45, 2.75) is 25.5 Å². The van der Waals surface area contributed by atoms with Crippen LogP contribution in [0.3, 0.4) is 0 Å². The molecule has 1 fully saturated rings. The van der Waals surface area contributed by atoms with E-state index in [2.05, 4.69) is 15.5 Å². The van der Waals surface area contributed by atoms with Crippen LogP contribution in [-0.2, 0) is 4.79 Å². The van der Waals surface area contributed by atoms with Gasteiger partial charge < -0.3 is 10.1 Å². The molecule has 0 spiro atoms. The Morgan fingerprint density at radius 3 is 2.54 bits per heavy atom. The molecule has 0 radical (unpaired) electrons. The summed E-state index contributed by atoms with van der Waals surface area (Å²) < 4.78 is 5.84. The predicted octanol–water partition coefficient (Wildman–Crippen LogP) is 3.78. The molecular weight excluding hydrogens is 346 g/mol. The van der Waals surface area contributed by atoms with E-state index in [1.807, 2.05) is 68.4 Å². The molecule has 5 nitrogen and oxygen atoms in total. The van der Waals surface area contributed by atoms with E-state index in [0.29, 0.717) is 17.5 Å².